The summed E-state index contributed by atoms with van der Waals surface area (Å²) < 4.78 is 0. The topological polar surface area (TPSA) is 20.3 Å². The van der Waals surface area contributed by atoms with E-state index >= 15 is 0 Å². The summed E-state index contributed by atoms with van der Waals surface area (Å²) in [4.78, 5) is 15.7. The predicted octanol–water partition coefficient (Wildman–Crippen LogP) is 4.21. The highest BCUT2D eigenvalue weighted by molar-refractivity contribution is 7.14. The maximum absolute atomic E-state index is 12.1. The quantitative estimate of drug-likeness (QED) is 0.476. The van der Waals surface area contributed by atoms with E-state index in [1.54, 1.807) is 24.3 Å². The monoisotopic (exact) mass is 329 g/mol. The van der Waals surface area contributed by atoms with Crippen LogP contribution in [0.3, 0.4) is 0 Å². The smallest absolute Gasteiger partial charge is 0.195 e. The number of carbonyl (C=O) groups is 1. The highest BCUT2D eigenvalue weighted by Crippen LogP contribution is 2.17. The average Bonchev–Trinajstić information content (AvgIpc) is 2.95. The van der Waals surface area contributed by atoms with Crippen LogP contribution in [0.15, 0.2) is 42.5 Å². The number of nitrogens with zero attached hydrogens (tertiary/aromatic N) is 1. The van der Waals surface area contributed by atoms with Crippen LogP contribution in [0.1, 0.15) is 20.1 Å². The normalized spacial score (nSPS) is 10.7. The predicted molar refractivity (Wildman–Crippen MR) is 94.6 cm³/mol. The molecule has 0 saturated heterocycles. The molecule has 0 unspecified atom stereocenters. The lowest BCUT2D eigenvalue weighted by atomic mass is 10.2. The number of carbonyl (C=O) groups excluding carboxylic acids is 1. The van der Waals surface area contributed by atoms with Crippen LogP contribution in [0.5, 0.6) is 0 Å². The van der Waals surface area contributed by atoms with Crippen LogP contribution < -0.4 is 0 Å². The summed E-state index contributed by atoms with van der Waals surface area (Å²) in [6.07, 6.45) is 3.36. The molecule has 4 heteroatoms. The van der Waals surface area contributed by atoms with Crippen molar-refractivity contribution in [3.8, 4) is 11.8 Å². The molecule has 1 aromatic carbocycles. The van der Waals surface area contributed by atoms with Crippen molar-refractivity contribution < 1.29 is 4.79 Å². The molecule has 2 aromatic rings. The summed E-state index contributed by atoms with van der Waals surface area (Å²) in [5.41, 5.74) is 0.945. The minimum atomic E-state index is -0.0133. The van der Waals surface area contributed by atoms with Crippen molar-refractivity contribution in [1.29, 1.82) is 0 Å². The third-order valence-electron chi connectivity index (χ3n) is 2.75. The van der Waals surface area contributed by atoms with Crippen molar-refractivity contribution >= 4 is 34.8 Å². The van der Waals surface area contributed by atoms with E-state index < -0.39 is 0 Å². The van der Waals surface area contributed by atoms with Crippen molar-refractivity contribution in [2.75, 3.05) is 20.6 Å². The zero-order chi connectivity index (χ0) is 15.9. The molecule has 1 aromatic heterocycles. The van der Waals surface area contributed by atoms with Crippen molar-refractivity contribution in [2.24, 2.45) is 0 Å². The van der Waals surface area contributed by atoms with Gasteiger partial charge < -0.3 is 0 Å². The molecule has 0 atom stereocenters. The first-order chi connectivity index (χ1) is 10.5. The molecule has 0 N–H and O–H groups in total. The van der Waals surface area contributed by atoms with Gasteiger partial charge in [0.05, 0.1) is 16.3 Å². The summed E-state index contributed by atoms with van der Waals surface area (Å²) in [6, 6.07) is 11.1. The van der Waals surface area contributed by atoms with Crippen LogP contribution >= 0.6 is 22.9 Å². The average molecular weight is 330 g/mol. The van der Waals surface area contributed by atoms with Crippen LogP contribution in [0.4, 0.5) is 0 Å². The number of rotatable bonds is 4. The van der Waals surface area contributed by atoms with E-state index in [-0.39, 0.29) is 5.78 Å². The van der Waals surface area contributed by atoms with Crippen LogP contribution in [-0.4, -0.2) is 31.3 Å². The van der Waals surface area contributed by atoms with Gasteiger partial charge in [0.1, 0.15) is 0 Å². The number of thiophene rings is 1. The Morgan fingerprint density at radius 1 is 1.23 bits per heavy atom. The first-order valence-electron chi connectivity index (χ1n) is 6.76. The minimum absolute atomic E-state index is 0.0133. The molecule has 0 aliphatic heterocycles. The molecule has 1 heterocycles. The molecule has 0 fully saturated rings. The highest BCUT2D eigenvalue weighted by Gasteiger charge is 2.05. The van der Waals surface area contributed by atoms with Crippen molar-refractivity contribution in [2.45, 2.75) is 0 Å². The Bertz CT molecular complexity index is 732. The second-order valence-corrected chi connectivity index (χ2v) is 6.47. The van der Waals surface area contributed by atoms with Crippen LogP contribution in [0.2, 0.25) is 5.02 Å². The van der Waals surface area contributed by atoms with Crippen LogP contribution in [0.25, 0.3) is 6.08 Å². The van der Waals surface area contributed by atoms with E-state index in [1.165, 1.54) is 11.3 Å². The van der Waals surface area contributed by atoms with Crippen LogP contribution in [0, 0.1) is 11.8 Å². The molecular formula is C18H16ClNOS. The molecule has 0 bridgehead atoms. The fraction of sp³-hybridized carbons (Fsp3) is 0.167. The number of benzene rings is 1. The van der Waals surface area contributed by atoms with Crippen molar-refractivity contribution in [1.82, 2.24) is 4.90 Å². The Labute approximate surface area is 140 Å². The molecular weight excluding hydrogens is 314 g/mol. The maximum Gasteiger partial charge on any atom is 0.195 e. The second-order valence-electron chi connectivity index (χ2n) is 4.95. The summed E-state index contributed by atoms with van der Waals surface area (Å²) in [7, 11) is 3.94. The molecule has 2 rings (SSSR count). The van der Waals surface area contributed by atoms with Gasteiger partial charge in [-0.3, -0.25) is 9.69 Å². The summed E-state index contributed by atoms with van der Waals surface area (Å²) in [6.45, 7) is 0.706. The van der Waals surface area contributed by atoms with Gasteiger partial charge in [-0.05, 0) is 50.0 Å². The zero-order valence-electron chi connectivity index (χ0n) is 12.5. The SMILES string of the molecule is CN(C)CC#Cc1ccc(C(=O)/C=C/c2ccc(Cl)cc2)s1. The van der Waals surface area contributed by atoms with E-state index in [1.807, 2.05) is 43.3 Å². The Morgan fingerprint density at radius 3 is 2.64 bits per heavy atom. The lowest BCUT2D eigenvalue weighted by Crippen LogP contribution is -2.10. The standard InChI is InChI=1S/C18H16ClNOS/c1-20(2)13-3-4-16-10-12-18(22-16)17(21)11-7-14-5-8-15(19)9-6-14/h5-12H,13H2,1-2H3/b11-7+. The molecule has 0 aliphatic rings. The van der Waals surface area contributed by atoms with E-state index in [4.69, 9.17) is 11.6 Å². The number of hydrogen-bond acceptors (Lipinski definition) is 3. The number of ketones is 1. The van der Waals surface area contributed by atoms with Gasteiger partial charge in [0.25, 0.3) is 0 Å². The Kier molecular flexibility index (Phi) is 5.97. The van der Waals surface area contributed by atoms with Gasteiger partial charge >= 0.3 is 0 Å². The number of hydrogen-bond donors (Lipinski definition) is 0. The number of allylic oxidation sites excluding steroid dienone is 1. The minimum Gasteiger partial charge on any atom is -0.299 e. The van der Waals surface area contributed by atoms with Gasteiger partial charge in [-0.2, -0.15) is 0 Å². The molecule has 0 amide bonds. The molecule has 0 aliphatic carbocycles. The highest BCUT2D eigenvalue weighted by atomic mass is 35.5. The molecule has 2 nitrogen and oxygen atoms in total. The van der Waals surface area contributed by atoms with E-state index in [9.17, 15) is 4.79 Å². The van der Waals surface area contributed by atoms with Gasteiger partial charge in [0.15, 0.2) is 5.78 Å². The second kappa shape index (κ2) is 7.95. The van der Waals surface area contributed by atoms with Crippen LogP contribution in [-0.2, 0) is 0 Å². The zero-order valence-corrected chi connectivity index (χ0v) is 14.0. The van der Waals surface area contributed by atoms with E-state index in [0.717, 1.165) is 10.4 Å². The molecule has 0 saturated carbocycles. The van der Waals surface area contributed by atoms with Gasteiger partial charge in [-0.15, -0.1) is 11.3 Å². The lowest BCUT2D eigenvalue weighted by molar-refractivity contribution is 0.105. The lowest BCUT2D eigenvalue weighted by Gasteiger charge is -2.00. The first-order valence-corrected chi connectivity index (χ1v) is 7.95. The fourth-order valence-electron chi connectivity index (χ4n) is 1.65. The Morgan fingerprint density at radius 2 is 1.95 bits per heavy atom. The Balaban J connectivity index is 2.02. The molecule has 22 heavy (non-hydrogen) atoms. The van der Waals surface area contributed by atoms with E-state index in [0.29, 0.717) is 16.4 Å². The molecule has 0 radical (unpaired) electrons. The molecule has 0 spiro atoms. The van der Waals surface area contributed by atoms with E-state index in [2.05, 4.69) is 11.8 Å². The fourth-order valence-corrected chi connectivity index (χ4v) is 2.58. The van der Waals surface area contributed by atoms with Crippen molar-refractivity contribution in [3.63, 3.8) is 0 Å². The summed E-state index contributed by atoms with van der Waals surface area (Å²) in [5.74, 6) is 6.11. The largest absolute Gasteiger partial charge is 0.299 e. The first kappa shape index (κ1) is 16.5. The number of halogens is 1. The van der Waals surface area contributed by atoms with Gasteiger partial charge in [-0.25, -0.2) is 0 Å². The maximum atomic E-state index is 12.1. The van der Waals surface area contributed by atoms with Crippen molar-refractivity contribution in [3.05, 3.63) is 62.8 Å². The third-order valence-corrected chi connectivity index (χ3v) is 4.02. The van der Waals surface area contributed by atoms with Gasteiger partial charge in [0.2, 0.25) is 0 Å². The Hall–Kier alpha value is -1.86. The summed E-state index contributed by atoms with van der Waals surface area (Å²) in [5, 5.41) is 0.683. The third kappa shape index (κ3) is 5.16. The summed E-state index contributed by atoms with van der Waals surface area (Å²) >= 11 is 7.25. The van der Waals surface area contributed by atoms with Gasteiger partial charge in [0, 0.05) is 5.02 Å². The van der Waals surface area contributed by atoms with Gasteiger partial charge in [-0.1, -0.05) is 41.7 Å². The molecule has 112 valence electrons.